The molecule has 0 fully saturated rings. The van der Waals surface area contributed by atoms with Gasteiger partial charge >= 0.3 is 0 Å². The highest BCUT2D eigenvalue weighted by molar-refractivity contribution is 5.56. The van der Waals surface area contributed by atoms with E-state index in [9.17, 15) is 0 Å². The van der Waals surface area contributed by atoms with Gasteiger partial charge < -0.3 is 0 Å². The highest BCUT2D eigenvalue weighted by Crippen LogP contribution is 2.20. The summed E-state index contributed by atoms with van der Waals surface area (Å²) in [5.74, 6) is 0.523. The van der Waals surface area contributed by atoms with Gasteiger partial charge in [0.25, 0.3) is 0 Å². The van der Waals surface area contributed by atoms with Gasteiger partial charge in [0.15, 0.2) is 0 Å². The molecule has 0 aliphatic carbocycles. The molecule has 0 bridgehead atoms. The minimum absolute atomic E-state index is 0.388. The van der Waals surface area contributed by atoms with Crippen LogP contribution in [0.1, 0.15) is 45.2 Å². The monoisotopic (exact) mass is 229 g/mol. The number of aromatic nitrogens is 3. The minimum atomic E-state index is 0.388. The topological polar surface area (TPSA) is 30.7 Å². The van der Waals surface area contributed by atoms with Crippen LogP contribution < -0.4 is 0 Å². The molecule has 0 aromatic carbocycles. The van der Waals surface area contributed by atoms with Crippen LogP contribution in [0.2, 0.25) is 0 Å². The first kappa shape index (κ1) is 11.8. The lowest BCUT2D eigenvalue weighted by atomic mass is 10.1. The van der Waals surface area contributed by atoms with E-state index in [0.29, 0.717) is 12.0 Å². The van der Waals surface area contributed by atoms with E-state index < -0.39 is 0 Å². The molecule has 90 valence electrons. The van der Waals surface area contributed by atoms with Gasteiger partial charge in [-0.05, 0) is 31.4 Å². The van der Waals surface area contributed by atoms with Crippen molar-refractivity contribution >= 4 is 0 Å². The molecule has 0 unspecified atom stereocenters. The molecule has 2 heterocycles. The second kappa shape index (κ2) is 4.70. The number of nitrogens with zero attached hydrogens (tertiary/aromatic N) is 3. The molecular weight excluding hydrogens is 210 g/mol. The first-order valence-corrected chi connectivity index (χ1v) is 6.08. The van der Waals surface area contributed by atoms with Crippen molar-refractivity contribution in [2.45, 2.75) is 39.7 Å². The summed E-state index contributed by atoms with van der Waals surface area (Å²) >= 11 is 0. The maximum Gasteiger partial charge on any atom is 0.0733 e. The zero-order chi connectivity index (χ0) is 12.4. The normalized spacial score (nSPS) is 11.4. The Hall–Kier alpha value is -1.64. The molecule has 3 nitrogen and oxygen atoms in total. The summed E-state index contributed by atoms with van der Waals surface area (Å²) in [4.78, 5) is 4.49. The summed E-state index contributed by atoms with van der Waals surface area (Å²) in [6.07, 6.45) is 5.87. The van der Waals surface area contributed by atoms with Gasteiger partial charge in [-0.2, -0.15) is 5.10 Å². The summed E-state index contributed by atoms with van der Waals surface area (Å²) in [5, 5.41) is 4.33. The Balaban J connectivity index is 2.27. The van der Waals surface area contributed by atoms with Crippen LogP contribution in [0.15, 0.2) is 30.7 Å². The fourth-order valence-corrected chi connectivity index (χ4v) is 1.67. The van der Waals surface area contributed by atoms with Crippen molar-refractivity contribution in [1.82, 2.24) is 14.8 Å². The molecule has 0 aliphatic rings. The van der Waals surface area contributed by atoms with E-state index in [1.54, 1.807) is 0 Å². The molecule has 0 spiro atoms. The fourth-order valence-electron chi connectivity index (χ4n) is 1.67. The Bertz CT molecular complexity index is 480. The second-order valence-electron chi connectivity index (χ2n) is 4.93. The molecule has 0 saturated carbocycles. The third-order valence-electron chi connectivity index (χ3n) is 2.88. The van der Waals surface area contributed by atoms with Crippen LogP contribution in [0.4, 0.5) is 0 Å². The van der Waals surface area contributed by atoms with Gasteiger partial charge in [0.2, 0.25) is 0 Å². The predicted octanol–water partition coefficient (Wildman–Crippen LogP) is 3.65. The van der Waals surface area contributed by atoms with E-state index in [-0.39, 0.29) is 0 Å². The Morgan fingerprint density at radius 2 is 1.82 bits per heavy atom. The van der Waals surface area contributed by atoms with E-state index in [2.05, 4.69) is 49.9 Å². The van der Waals surface area contributed by atoms with Crippen LogP contribution in [-0.4, -0.2) is 14.8 Å². The van der Waals surface area contributed by atoms with Gasteiger partial charge in [0, 0.05) is 24.0 Å². The van der Waals surface area contributed by atoms with Crippen LogP contribution in [0.3, 0.4) is 0 Å². The average molecular weight is 229 g/mol. The van der Waals surface area contributed by atoms with Gasteiger partial charge in [-0.15, -0.1) is 0 Å². The Morgan fingerprint density at radius 3 is 2.29 bits per heavy atom. The SMILES string of the molecule is CC(C)c1ccc(-c2cnn(C(C)C)c2)nc1. The van der Waals surface area contributed by atoms with Crippen LogP contribution >= 0.6 is 0 Å². The van der Waals surface area contributed by atoms with Crippen molar-refractivity contribution in [3.8, 4) is 11.3 Å². The van der Waals surface area contributed by atoms with Crippen LogP contribution in [0.25, 0.3) is 11.3 Å². The number of rotatable bonds is 3. The number of hydrogen-bond acceptors (Lipinski definition) is 2. The van der Waals surface area contributed by atoms with E-state index >= 15 is 0 Å². The van der Waals surface area contributed by atoms with Gasteiger partial charge in [-0.3, -0.25) is 9.67 Å². The Morgan fingerprint density at radius 1 is 1.06 bits per heavy atom. The average Bonchev–Trinajstić information content (AvgIpc) is 2.78. The molecule has 0 N–H and O–H groups in total. The maximum absolute atomic E-state index is 4.49. The van der Waals surface area contributed by atoms with Crippen molar-refractivity contribution in [1.29, 1.82) is 0 Å². The highest BCUT2D eigenvalue weighted by atomic mass is 15.3. The van der Waals surface area contributed by atoms with Gasteiger partial charge in [0.1, 0.15) is 0 Å². The Labute approximate surface area is 103 Å². The van der Waals surface area contributed by atoms with Crippen molar-refractivity contribution in [3.05, 3.63) is 36.3 Å². The molecular formula is C14H19N3. The van der Waals surface area contributed by atoms with Crippen molar-refractivity contribution < 1.29 is 0 Å². The molecule has 0 atom stereocenters. The molecule has 2 aromatic heterocycles. The van der Waals surface area contributed by atoms with E-state index in [1.807, 2.05) is 23.3 Å². The smallest absolute Gasteiger partial charge is 0.0733 e. The molecule has 2 aromatic rings. The van der Waals surface area contributed by atoms with Crippen LogP contribution in [-0.2, 0) is 0 Å². The van der Waals surface area contributed by atoms with Crippen molar-refractivity contribution in [3.63, 3.8) is 0 Å². The van der Waals surface area contributed by atoms with Crippen LogP contribution in [0, 0.1) is 0 Å². The molecule has 2 rings (SSSR count). The molecule has 0 radical (unpaired) electrons. The second-order valence-corrected chi connectivity index (χ2v) is 4.93. The molecule has 3 heteroatoms. The standard InChI is InChI=1S/C14H19N3/c1-10(2)12-5-6-14(15-7-12)13-8-16-17(9-13)11(3)4/h5-11H,1-4H3. The quantitative estimate of drug-likeness (QED) is 0.804. The fraction of sp³-hybridized carbons (Fsp3) is 0.429. The summed E-state index contributed by atoms with van der Waals surface area (Å²) in [6, 6.07) is 4.59. The number of hydrogen-bond donors (Lipinski definition) is 0. The first-order valence-electron chi connectivity index (χ1n) is 6.08. The van der Waals surface area contributed by atoms with E-state index in [4.69, 9.17) is 0 Å². The first-order chi connectivity index (χ1) is 8.08. The molecule has 17 heavy (non-hydrogen) atoms. The van der Waals surface area contributed by atoms with Crippen LogP contribution in [0.5, 0.6) is 0 Å². The molecule has 0 saturated heterocycles. The van der Waals surface area contributed by atoms with Gasteiger partial charge in [0.05, 0.1) is 11.9 Å². The summed E-state index contributed by atoms with van der Waals surface area (Å²) < 4.78 is 1.95. The summed E-state index contributed by atoms with van der Waals surface area (Å²) in [6.45, 7) is 8.58. The zero-order valence-electron chi connectivity index (χ0n) is 10.9. The lowest BCUT2D eigenvalue weighted by Crippen LogP contribution is -1.99. The highest BCUT2D eigenvalue weighted by Gasteiger charge is 2.06. The molecule has 0 aliphatic heterocycles. The third-order valence-corrected chi connectivity index (χ3v) is 2.88. The maximum atomic E-state index is 4.49. The zero-order valence-corrected chi connectivity index (χ0v) is 10.9. The minimum Gasteiger partial charge on any atom is -0.270 e. The lowest BCUT2D eigenvalue weighted by molar-refractivity contribution is 0.532. The summed E-state index contributed by atoms with van der Waals surface area (Å²) in [7, 11) is 0. The molecule has 0 amide bonds. The van der Waals surface area contributed by atoms with Crippen molar-refractivity contribution in [2.75, 3.05) is 0 Å². The lowest BCUT2D eigenvalue weighted by Gasteiger charge is -2.05. The van der Waals surface area contributed by atoms with Gasteiger partial charge in [-0.1, -0.05) is 19.9 Å². The van der Waals surface area contributed by atoms with E-state index in [0.717, 1.165) is 11.3 Å². The predicted molar refractivity (Wildman–Crippen MR) is 69.9 cm³/mol. The van der Waals surface area contributed by atoms with Crippen molar-refractivity contribution in [2.24, 2.45) is 0 Å². The van der Waals surface area contributed by atoms with E-state index in [1.165, 1.54) is 5.56 Å². The summed E-state index contributed by atoms with van der Waals surface area (Å²) in [5.41, 5.74) is 3.33. The largest absolute Gasteiger partial charge is 0.270 e. The number of pyridine rings is 1. The Kier molecular flexibility index (Phi) is 3.27. The van der Waals surface area contributed by atoms with Gasteiger partial charge in [-0.25, -0.2) is 0 Å². The third kappa shape index (κ3) is 2.54.